The van der Waals surface area contributed by atoms with E-state index in [2.05, 4.69) is 10.6 Å². The summed E-state index contributed by atoms with van der Waals surface area (Å²) in [5.41, 5.74) is 0.421. The van der Waals surface area contributed by atoms with E-state index in [4.69, 9.17) is 0 Å². The average Bonchev–Trinajstić information content (AvgIpc) is 2.88. The van der Waals surface area contributed by atoms with Crippen molar-refractivity contribution in [3.8, 4) is 0 Å². The second-order valence-electron chi connectivity index (χ2n) is 6.93. The Hall–Kier alpha value is -1.99. The van der Waals surface area contributed by atoms with Crippen LogP contribution in [-0.2, 0) is 5.41 Å². The van der Waals surface area contributed by atoms with E-state index in [0.717, 1.165) is 0 Å². The Bertz CT molecular complexity index is 610. The molecule has 0 saturated carbocycles. The molecule has 1 saturated heterocycles. The second-order valence-corrected chi connectivity index (χ2v) is 6.93. The maximum Gasteiger partial charge on any atom is 0.273 e. The molecule has 7 heteroatoms. The van der Waals surface area contributed by atoms with Crippen molar-refractivity contribution in [1.82, 2.24) is 10.6 Å². The highest BCUT2D eigenvalue weighted by Crippen LogP contribution is 2.31. The number of nitro benzene ring substituents is 1. The number of nitrogens with zero attached hydrogens (tertiary/aromatic N) is 1. The van der Waals surface area contributed by atoms with Crippen molar-refractivity contribution in [3.05, 3.63) is 39.4 Å². The normalized spacial score (nSPS) is 21.2. The smallest absolute Gasteiger partial charge is 0.273 e. The van der Waals surface area contributed by atoms with Crippen LogP contribution in [0.4, 0.5) is 5.69 Å². The van der Waals surface area contributed by atoms with Gasteiger partial charge in [0.05, 0.1) is 11.0 Å². The summed E-state index contributed by atoms with van der Waals surface area (Å²) in [4.78, 5) is 23.0. The third kappa shape index (κ3) is 4.05. The molecule has 0 radical (unpaired) electrons. The van der Waals surface area contributed by atoms with Gasteiger partial charge in [0.25, 0.3) is 11.6 Å². The van der Waals surface area contributed by atoms with Crippen molar-refractivity contribution < 1.29 is 14.8 Å². The van der Waals surface area contributed by atoms with Crippen molar-refractivity contribution >= 4 is 11.6 Å². The number of nitrogens with one attached hydrogen (secondary N) is 2. The van der Waals surface area contributed by atoms with E-state index in [1.165, 1.54) is 6.07 Å². The molecule has 126 valence electrons. The fourth-order valence-electron chi connectivity index (χ4n) is 2.71. The third-order valence-electron chi connectivity index (χ3n) is 4.09. The number of aliphatic hydroxyl groups is 1. The molecule has 1 aromatic rings. The summed E-state index contributed by atoms with van der Waals surface area (Å²) < 4.78 is 0. The van der Waals surface area contributed by atoms with Crippen molar-refractivity contribution in [3.63, 3.8) is 0 Å². The highest BCUT2D eigenvalue weighted by molar-refractivity contribution is 5.95. The van der Waals surface area contributed by atoms with Gasteiger partial charge in [-0.3, -0.25) is 14.9 Å². The number of carbonyl (C=O) groups excluding carboxylic acids is 1. The summed E-state index contributed by atoms with van der Waals surface area (Å²) in [6, 6.07) is 4.56. The molecule has 7 nitrogen and oxygen atoms in total. The van der Waals surface area contributed by atoms with Crippen LogP contribution < -0.4 is 10.6 Å². The number of rotatable bonds is 4. The van der Waals surface area contributed by atoms with E-state index in [1.54, 1.807) is 12.1 Å². The molecule has 1 aliphatic heterocycles. The minimum absolute atomic E-state index is 0.0391. The molecule has 1 amide bonds. The van der Waals surface area contributed by atoms with Gasteiger partial charge in [0.2, 0.25) is 0 Å². The maximum atomic E-state index is 12.2. The molecule has 2 unspecified atom stereocenters. The van der Waals surface area contributed by atoms with Crippen molar-refractivity contribution in [2.24, 2.45) is 5.92 Å². The number of benzene rings is 1. The first-order chi connectivity index (χ1) is 10.7. The summed E-state index contributed by atoms with van der Waals surface area (Å²) in [6.07, 6.45) is -0.479. The predicted octanol–water partition coefficient (Wildman–Crippen LogP) is 1.20. The topological polar surface area (TPSA) is 104 Å². The molecule has 0 bridgehead atoms. The zero-order valence-electron chi connectivity index (χ0n) is 13.6. The first kappa shape index (κ1) is 17.4. The van der Waals surface area contributed by atoms with Gasteiger partial charge in [-0.05, 0) is 11.5 Å². The molecule has 1 fully saturated rings. The van der Waals surface area contributed by atoms with Gasteiger partial charge in [-0.2, -0.15) is 0 Å². The van der Waals surface area contributed by atoms with Crippen LogP contribution in [0, 0.1) is 16.0 Å². The molecular weight excluding hydrogens is 298 g/mol. The van der Waals surface area contributed by atoms with Gasteiger partial charge in [-0.25, -0.2) is 0 Å². The highest BCUT2D eigenvalue weighted by atomic mass is 16.6. The summed E-state index contributed by atoms with van der Waals surface area (Å²) >= 11 is 0. The molecule has 1 aliphatic rings. The number of aliphatic hydroxyl groups excluding tert-OH is 1. The van der Waals surface area contributed by atoms with Crippen LogP contribution in [0.2, 0.25) is 0 Å². The number of nitro groups is 1. The van der Waals surface area contributed by atoms with E-state index in [-0.39, 0.29) is 28.5 Å². The van der Waals surface area contributed by atoms with Crippen molar-refractivity contribution in [2.75, 3.05) is 19.6 Å². The number of hydrogen-bond acceptors (Lipinski definition) is 5. The third-order valence-corrected chi connectivity index (χ3v) is 4.09. The lowest BCUT2D eigenvalue weighted by atomic mass is 9.85. The van der Waals surface area contributed by atoms with Crippen molar-refractivity contribution in [1.29, 1.82) is 0 Å². The SMILES string of the molecule is CC(C)(C)c1ccc(C(=O)NCC2CNCC2O)cc1[N+](=O)[O-]. The Morgan fingerprint density at radius 3 is 2.65 bits per heavy atom. The van der Waals surface area contributed by atoms with Gasteiger partial charge in [0, 0.05) is 42.7 Å². The molecule has 2 rings (SSSR count). The molecule has 1 aromatic carbocycles. The number of carbonyl (C=O) groups is 1. The summed E-state index contributed by atoms with van der Waals surface area (Å²) in [5, 5.41) is 26.8. The van der Waals surface area contributed by atoms with E-state index >= 15 is 0 Å². The minimum Gasteiger partial charge on any atom is -0.391 e. The molecular formula is C16H23N3O4. The van der Waals surface area contributed by atoms with Crippen LogP contribution in [0.15, 0.2) is 18.2 Å². The largest absolute Gasteiger partial charge is 0.391 e. The number of amides is 1. The Morgan fingerprint density at radius 2 is 2.13 bits per heavy atom. The second kappa shape index (κ2) is 6.64. The van der Waals surface area contributed by atoms with Crippen LogP contribution >= 0.6 is 0 Å². The lowest BCUT2D eigenvalue weighted by Crippen LogP contribution is -2.34. The zero-order valence-corrected chi connectivity index (χ0v) is 13.6. The Morgan fingerprint density at radius 1 is 1.43 bits per heavy atom. The van der Waals surface area contributed by atoms with Crippen LogP contribution in [0.1, 0.15) is 36.7 Å². The Kier molecular flexibility index (Phi) is 5.01. The maximum absolute atomic E-state index is 12.2. The quantitative estimate of drug-likeness (QED) is 0.571. The number of β-amino-alcohol motifs (C(OH)–C–C–N with tert-alkyl or cyclic N) is 1. The zero-order chi connectivity index (χ0) is 17.2. The van der Waals surface area contributed by atoms with Gasteiger partial charge in [0.1, 0.15) is 0 Å². The molecule has 0 spiro atoms. The molecule has 3 N–H and O–H groups in total. The lowest BCUT2D eigenvalue weighted by Gasteiger charge is -2.19. The summed E-state index contributed by atoms with van der Waals surface area (Å²) in [5.74, 6) is -0.407. The van der Waals surface area contributed by atoms with Crippen LogP contribution in [0.3, 0.4) is 0 Å². The molecule has 0 aliphatic carbocycles. The van der Waals surface area contributed by atoms with Gasteiger partial charge in [-0.1, -0.05) is 26.8 Å². The van der Waals surface area contributed by atoms with Gasteiger partial charge in [0.15, 0.2) is 0 Å². The Labute approximate surface area is 135 Å². The van der Waals surface area contributed by atoms with Crippen LogP contribution in [-0.4, -0.2) is 41.7 Å². The molecule has 0 aromatic heterocycles. The lowest BCUT2D eigenvalue weighted by molar-refractivity contribution is -0.386. The highest BCUT2D eigenvalue weighted by Gasteiger charge is 2.27. The predicted molar refractivity (Wildman–Crippen MR) is 86.5 cm³/mol. The summed E-state index contributed by atoms with van der Waals surface area (Å²) in [6.45, 7) is 7.18. The minimum atomic E-state index is -0.479. The van der Waals surface area contributed by atoms with E-state index in [0.29, 0.717) is 25.2 Å². The van der Waals surface area contributed by atoms with Gasteiger partial charge < -0.3 is 15.7 Å². The molecule has 1 heterocycles. The van der Waals surface area contributed by atoms with Crippen molar-refractivity contribution in [2.45, 2.75) is 32.3 Å². The van der Waals surface area contributed by atoms with Crippen LogP contribution in [0.25, 0.3) is 0 Å². The van der Waals surface area contributed by atoms with Crippen LogP contribution in [0.5, 0.6) is 0 Å². The first-order valence-corrected chi connectivity index (χ1v) is 7.66. The first-order valence-electron chi connectivity index (χ1n) is 7.66. The van der Waals surface area contributed by atoms with E-state index < -0.39 is 11.0 Å². The van der Waals surface area contributed by atoms with E-state index in [1.807, 2.05) is 20.8 Å². The van der Waals surface area contributed by atoms with Gasteiger partial charge >= 0.3 is 0 Å². The molecule has 2 atom stereocenters. The number of hydrogen-bond donors (Lipinski definition) is 3. The Balaban J connectivity index is 2.14. The standard InChI is InChI=1S/C16H23N3O4/c1-16(2,3)12-5-4-10(6-13(12)19(22)23)15(21)18-8-11-7-17-9-14(11)20/h4-6,11,14,17,20H,7-9H2,1-3H3,(H,18,21). The summed E-state index contributed by atoms with van der Waals surface area (Å²) in [7, 11) is 0. The van der Waals surface area contributed by atoms with E-state index in [9.17, 15) is 20.0 Å². The average molecular weight is 321 g/mol. The molecule has 23 heavy (non-hydrogen) atoms. The monoisotopic (exact) mass is 321 g/mol. The fraction of sp³-hybridized carbons (Fsp3) is 0.562. The van der Waals surface area contributed by atoms with Gasteiger partial charge in [-0.15, -0.1) is 0 Å². The fourth-order valence-corrected chi connectivity index (χ4v) is 2.71.